The summed E-state index contributed by atoms with van der Waals surface area (Å²) in [5.74, 6) is -2.60. The third kappa shape index (κ3) is 4.17. The summed E-state index contributed by atoms with van der Waals surface area (Å²) in [5.41, 5.74) is 4.72. The average Bonchev–Trinajstić information content (AvgIpc) is 3.47. The largest absolute Gasteiger partial charge is 0.448 e. The van der Waals surface area contributed by atoms with Gasteiger partial charge in [0.15, 0.2) is 0 Å². The first-order chi connectivity index (χ1) is 20.5. The number of nitrogens with zero attached hydrogens (tertiary/aromatic N) is 1. The predicted molar refractivity (Wildman–Crippen MR) is 155 cm³/mol. The number of imide groups is 1. The van der Waals surface area contributed by atoms with E-state index in [1.807, 2.05) is 48.5 Å². The van der Waals surface area contributed by atoms with Gasteiger partial charge in [-0.25, -0.2) is 9.59 Å². The molecule has 1 aliphatic carbocycles. The van der Waals surface area contributed by atoms with E-state index < -0.39 is 23.9 Å². The van der Waals surface area contributed by atoms with E-state index in [1.54, 1.807) is 30.3 Å². The van der Waals surface area contributed by atoms with Gasteiger partial charge in [-0.05, 0) is 57.3 Å². The van der Waals surface area contributed by atoms with Crippen LogP contribution in [0.15, 0.2) is 109 Å². The Hall–Kier alpha value is -5.76. The Morgan fingerprint density at radius 2 is 1.17 bits per heavy atom. The average molecular weight is 555 g/mol. The fraction of sp³-hybridized carbons (Fsp3) is 0.0588. The molecule has 0 fully saturated rings. The zero-order valence-electron chi connectivity index (χ0n) is 22.1. The van der Waals surface area contributed by atoms with E-state index >= 15 is 0 Å². The summed E-state index contributed by atoms with van der Waals surface area (Å²) in [6.45, 7) is 0.0856. The number of amides is 3. The zero-order chi connectivity index (χ0) is 28.8. The van der Waals surface area contributed by atoms with E-state index in [-0.39, 0.29) is 34.9 Å². The molecular weight excluding hydrogens is 532 g/mol. The highest BCUT2D eigenvalue weighted by Crippen LogP contribution is 2.44. The molecule has 0 atom stereocenters. The third-order valence-electron chi connectivity index (χ3n) is 7.62. The second-order valence-corrected chi connectivity index (χ2v) is 10.0. The standard InChI is InChI=1S/C34H22N2O6/c37-31-26-15-7-8-16-27(26)32(38)36(31)42-33(39)28-17-20-9-1-2-10-21(20)18-30(28)35-34(40)41-19-29-24-13-5-3-11-22(24)23-12-4-6-14-25(23)29/h1-18,29H,19H2,(H,35,40). The van der Waals surface area contributed by atoms with Crippen LogP contribution in [0.4, 0.5) is 10.5 Å². The van der Waals surface area contributed by atoms with E-state index in [1.165, 1.54) is 18.2 Å². The molecule has 204 valence electrons. The minimum Gasteiger partial charge on any atom is -0.448 e. The molecule has 1 N–H and O–H groups in total. The van der Waals surface area contributed by atoms with Gasteiger partial charge in [0.1, 0.15) is 6.61 Å². The van der Waals surface area contributed by atoms with Crippen LogP contribution in [0.1, 0.15) is 48.1 Å². The molecule has 0 radical (unpaired) electrons. The van der Waals surface area contributed by atoms with Crippen molar-refractivity contribution in [2.45, 2.75) is 5.92 Å². The van der Waals surface area contributed by atoms with Gasteiger partial charge in [0.05, 0.1) is 22.4 Å². The van der Waals surface area contributed by atoms with Gasteiger partial charge in [-0.2, -0.15) is 0 Å². The molecule has 1 aliphatic heterocycles. The number of carbonyl (C=O) groups is 4. The van der Waals surface area contributed by atoms with Crippen LogP contribution in [0, 0.1) is 0 Å². The van der Waals surface area contributed by atoms with Crippen LogP contribution >= 0.6 is 0 Å². The van der Waals surface area contributed by atoms with E-state index in [9.17, 15) is 19.2 Å². The lowest BCUT2D eigenvalue weighted by Crippen LogP contribution is -2.33. The quantitative estimate of drug-likeness (QED) is 0.247. The molecule has 42 heavy (non-hydrogen) atoms. The molecule has 8 heteroatoms. The molecule has 0 saturated carbocycles. The number of rotatable bonds is 5. The lowest BCUT2D eigenvalue weighted by Gasteiger charge is -2.17. The molecule has 7 rings (SSSR count). The maximum absolute atomic E-state index is 13.4. The first-order valence-electron chi connectivity index (χ1n) is 13.3. The van der Waals surface area contributed by atoms with Crippen LogP contribution in [0.2, 0.25) is 0 Å². The Labute approximate surface area is 240 Å². The van der Waals surface area contributed by atoms with Crippen LogP contribution in [0.3, 0.4) is 0 Å². The van der Waals surface area contributed by atoms with Gasteiger partial charge < -0.3 is 9.57 Å². The van der Waals surface area contributed by atoms with Crippen molar-refractivity contribution in [3.05, 3.63) is 137 Å². The lowest BCUT2D eigenvalue weighted by atomic mass is 9.98. The summed E-state index contributed by atoms with van der Waals surface area (Å²) in [6, 6.07) is 32.7. The molecule has 0 spiro atoms. The summed E-state index contributed by atoms with van der Waals surface area (Å²) < 4.78 is 5.68. The van der Waals surface area contributed by atoms with Crippen molar-refractivity contribution >= 4 is 40.3 Å². The highest BCUT2D eigenvalue weighted by molar-refractivity contribution is 6.21. The Bertz CT molecular complexity index is 1870. The van der Waals surface area contributed by atoms with E-state index in [0.29, 0.717) is 10.4 Å². The monoisotopic (exact) mass is 554 g/mol. The van der Waals surface area contributed by atoms with E-state index in [2.05, 4.69) is 17.4 Å². The lowest BCUT2D eigenvalue weighted by molar-refractivity contribution is -0.0583. The van der Waals surface area contributed by atoms with E-state index in [4.69, 9.17) is 9.57 Å². The van der Waals surface area contributed by atoms with Crippen molar-refractivity contribution in [1.29, 1.82) is 0 Å². The molecule has 0 unspecified atom stereocenters. The van der Waals surface area contributed by atoms with Gasteiger partial charge in [-0.15, -0.1) is 0 Å². The molecular formula is C34H22N2O6. The fourth-order valence-electron chi connectivity index (χ4n) is 5.64. The minimum absolute atomic E-state index is 0.0428. The van der Waals surface area contributed by atoms with E-state index in [0.717, 1.165) is 27.6 Å². The van der Waals surface area contributed by atoms with Crippen LogP contribution in [-0.2, 0) is 9.57 Å². The topological polar surface area (TPSA) is 102 Å². The fourth-order valence-corrected chi connectivity index (χ4v) is 5.64. The molecule has 0 aromatic heterocycles. The number of fused-ring (bicyclic) bond motifs is 5. The second-order valence-electron chi connectivity index (χ2n) is 10.0. The number of hydroxylamine groups is 2. The SMILES string of the molecule is O=C(Nc1cc2ccccc2cc1C(=O)ON1C(=O)c2ccccc2C1=O)OCC1c2ccccc2-c2ccccc21. The Balaban J connectivity index is 1.13. The minimum atomic E-state index is -0.982. The Morgan fingerprint density at radius 1 is 0.667 bits per heavy atom. The van der Waals surface area contributed by atoms with Crippen molar-refractivity contribution in [2.24, 2.45) is 0 Å². The summed E-state index contributed by atoms with van der Waals surface area (Å²) >= 11 is 0. The normalized spacial score (nSPS) is 13.5. The summed E-state index contributed by atoms with van der Waals surface area (Å²) in [6.07, 6.45) is -0.762. The first-order valence-corrected chi connectivity index (χ1v) is 13.3. The molecule has 5 aromatic rings. The first kappa shape index (κ1) is 25.2. The van der Waals surface area contributed by atoms with Gasteiger partial charge in [0.2, 0.25) is 0 Å². The number of hydrogen-bond donors (Lipinski definition) is 1. The predicted octanol–water partition coefficient (Wildman–Crippen LogP) is 6.57. The molecule has 2 aliphatic rings. The summed E-state index contributed by atoms with van der Waals surface area (Å²) in [5, 5.41) is 4.57. The van der Waals surface area contributed by atoms with Crippen LogP contribution in [0.5, 0.6) is 0 Å². The summed E-state index contributed by atoms with van der Waals surface area (Å²) in [4.78, 5) is 57.3. The number of nitrogens with one attached hydrogen (secondary N) is 1. The molecule has 1 heterocycles. The summed E-state index contributed by atoms with van der Waals surface area (Å²) in [7, 11) is 0. The van der Waals surface area contributed by atoms with Crippen molar-refractivity contribution < 1.29 is 28.8 Å². The number of benzene rings is 5. The number of carbonyl (C=O) groups excluding carboxylic acids is 4. The molecule has 0 saturated heterocycles. The van der Waals surface area contributed by atoms with Crippen molar-refractivity contribution in [2.75, 3.05) is 11.9 Å². The van der Waals surface area contributed by atoms with Gasteiger partial charge in [0.25, 0.3) is 11.8 Å². The maximum atomic E-state index is 13.4. The number of ether oxygens (including phenoxy) is 1. The molecule has 3 amide bonds. The van der Waals surface area contributed by atoms with Crippen LogP contribution < -0.4 is 5.32 Å². The van der Waals surface area contributed by atoms with Crippen LogP contribution in [0.25, 0.3) is 21.9 Å². The highest BCUT2D eigenvalue weighted by Gasteiger charge is 2.39. The molecule has 8 nitrogen and oxygen atoms in total. The second kappa shape index (κ2) is 10.0. The Kier molecular flexibility index (Phi) is 6.01. The maximum Gasteiger partial charge on any atom is 0.411 e. The zero-order valence-corrected chi connectivity index (χ0v) is 22.1. The molecule has 5 aromatic carbocycles. The number of anilines is 1. The van der Waals surface area contributed by atoms with Crippen molar-refractivity contribution in [3.63, 3.8) is 0 Å². The number of hydrogen-bond acceptors (Lipinski definition) is 6. The van der Waals surface area contributed by atoms with Crippen LogP contribution in [-0.4, -0.2) is 35.5 Å². The van der Waals surface area contributed by atoms with Gasteiger partial charge in [-0.1, -0.05) is 90.0 Å². The van der Waals surface area contributed by atoms with Crippen molar-refractivity contribution in [3.8, 4) is 11.1 Å². The molecule has 0 bridgehead atoms. The smallest absolute Gasteiger partial charge is 0.411 e. The van der Waals surface area contributed by atoms with Gasteiger partial charge in [-0.3, -0.25) is 14.9 Å². The third-order valence-corrected chi connectivity index (χ3v) is 7.62. The van der Waals surface area contributed by atoms with Crippen molar-refractivity contribution in [1.82, 2.24) is 5.06 Å². The van der Waals surface area contributed by atoms with Gasteiger partial charge in [0, 0.05) is 5.92 Å². The van der Waals surface area contributed by atoms with Gasteiger partial charge >= 0.3 is 12.1 Å². The Morgan fingerprint density at radius 3 is 1.76 bits per heavy atom. The highest BCUT2D eigenvalue weighted by atomic mass is 16.7.